The van der Waals surface area contributed by atoms with Crippen LogP contribution in [0.15, 0.2) is 77.7 Å². The van der Waals surface area contributed by atoms with Crippen molar-refractivity contribution in [1.82, 2.24) is 0 Å². The molecule has 0 spiro atoms. The maximum absolute atomic E-state index is 13.3. The fraction of sp³-hybridized carbons (Fsp3) is 0. The van der Waals surface area contributed by atoms with Crippen molar-refractivity contribution in [1.29, 1.82) is 0 Å². The molecule has 0 amide bonds. The van der Waals surface area contributed by atoms with Crippen molar-refractivity contribution < 1.29 is 23.2 Å². The maximum Gasteiger partial charge on any atom is 0.337 e. The molecule has 0 aliphatic rings. The van der Waals surface area contributed by atoms with Gasteiger partial charge in [0.25, 0.3) is 10.0 Å². The van der Waals surface area contributed by atoms with E-state index in [0.717, 1.165) is 0 Å². The number of rotatable bonds is 6. The highest BCUT2D eigenvalue weighted by atomic mass is 35.5. The van der Waals surface area contributed by atoms with Crippen molar-refractivity contribution in [2.75, 3.05) is 4.47 Å². The van der Waals surface area contributed by atoms with E-state index < -0.39 is 20.9 Å². The van der Waals surface area contributed by atoms with Crippen molar-refractivity contribution in [2.24, 2.45) is 0 Å². The average molecular weight is 438 g/mol. The summed E-state index contributed by atoms with van der Waals surface area (Å²) in [6.07, 6.45) is 0. The van der Waals surface area contributed by atoms with Crippen LogP contribution in [0.2, 0.25) is 10.0 Å². The molecule has 0 fully saturated rings. The molecule has 0 radical (unpaired) electrons. The molecule has 0 unspecified atom stereocenters. The van der Waals surface area contributed by atoms with Crippen LogP contribution in [0.4, 0.5) is 5.69 Å². The summed E-state index contributed by atoms with van der Waals surface area (Å²) in [6, 6.07) is 17.5. The summed E-state index contributed by atoms with van der Waals surface area (Å²) in [7, 11) is -4.42. The molecular formula is C19H13Cl2NO5S. The molecular weight excluding hydrogens is 425 g/mol. The van der Waals surface area contributed by atoms with Gasteiger partial charge in [0.1, 0.15) is 4.90 Å². The van der Waals surface area contributed by atoms with E-state index in [1.54, 1.807) is 18.2 Å². The van der Waals surface area contributed by atoms with E-state index in [1.165, 1.54) is 54.6 Å². The second-order valence-corrected chi connectivity index (χ2v) is 8.10. The smallest absolute Gasteiger partial charge is 0.337 e. The van der Waals surface area contributed by atoms with Crippen LogP contribution in [0, 0.1) is 0 Å². The Morgan fingerprint density at radius 2 is 1.57 bits per heavy atom. The number of carbonyl (C=O) groups is 1. The van der Waals surface area contributed by atoms with E-state index in [0.29, 0.717) is 9.49 Å². The Kier molecular flexibility index (Phi) is 5.79. The maximum atomic E-state index is 13.3. The summed E-state index contributed by atoms with van der Waals surface area (Å²) >= 11 is 12.0. The normalized spacial score (nSPS) is 11.1. The van der Waals surface area contributed by atoms with Crippen LogP contribution in [0.3, 0.4) is 0 Å². The topological polar surface area (TPSA) is 83.9 Å². The quantitative estimate of drug-likeness (QED) is 0.555. The lowest BCUT2D eigenvalue weighted by Gasteiger charge is -2.25. The van der Waals surface area contributed by atoms with Crippen molar-refractivity contribution in [2.45, 2.75) is 4.90 Å². The van der Waals surface area contributed by atoms with E-state index >= 15 is 0 Å². The van der Waals surface area contributed by atoms with Crippen molar-refractivity contribution in [3.63, 3.8) is 0 Å². The van der Waals surface area contributed by atoms with Gasteiger partial charge in [-0.1, -0.05) is 58.0 Å². The average Bonchev–Trinajstić information content (AvgIpc) is 2.68. The molecule has 3 aromatic rings. The largest absolute Gasteiger partial charge is 0.478 e. The van der Waals surface area contributed by atoms with Crippen LogP contribution in [0.5, 0.6) is 5.75 Å². The van der Waals surface area contributed by atoms with Gasteiger partial charge in [-0.15, -0.1) is 0 Å². The monoisotopic (exact) mass is 437 g/mol. The summed E-state index contributed by atoms with van der Waals surface area (Å²) in [5.74, 6) is -1.34. The van der Waals surface area contributed by atoms with Crippen LogP contribution in [-0.4, -0.2) is 19.5 Å². The Balaban J connectivity index is 2.16. The van der Waals surface area contributed by atoms with E-state index in [2.05, 4.69) is 0 Å². The molecule has 3 aromatic carbocycles. The van der Waals surface area contributed by atoms with Gasteiger partial charge in [0.15, 0.2) is 5.75 Å². The van der Waals surface area contributed by atoms with Gasteiger partial charge in [0.05, 0.1) is 16.3 Å². The number of carboxylic acids is 1. The van der Waals surface area contributed by atoms with Gasteiger partial charge in [0, 0.05) is 5.02 Å². The van der Waals surface area contributed by atoms with Crippen molar-refractivity contribution in [3.05, 3.63) is 88.4 Å². The van der Waals surface area contributed by atoms with Crippen molar-refractivity contribution >= 4 is 44.9 Å². The zero-order chi connectivity index (χ0) is 20.3. The highest BCUT2D eigenvalue weighted by molar-refractivity contribution is 7.92. The molecule has 28 heavy (non-hydrogen) atoms. The molecule has 9 heteroatoms. The zero-order valence-corrected chi connectivity index (χ0v) is 16.4. The third-order valence-electron chi connectivity index (χ3n) is 3.66. The predicted octanol–water partition coefficient (Wildman–Crippen LogP) is 4.88. The second-order valence-electron chi connectivity index (χ2n) is 5.54. The Morgan fingerprint density at radius 1 is 0.929 bits per heavy atom. The fourth-order valence-electron chi connectivity index (χ4n) is 2.39. The zero-order valence-electron chi connectivity index (χ0n) is 14.1. The van der Waals surface area contributed by atoms with Crippen LogP contribution >= 0.6 is 23.2 Å². The first-order chi connectivity index (χ1) is 13.3. The first-order valence-corrected chi connectivity index (χ1v) is 10.1. The van der Waals surface area contributed by atoms with Gasteiger partial charge in [-0.05, 0) is 42.5 Å². The first-order valence-electron chi connectivity index (χ1n) is 7.86. The summed E-state index contributed by atoms with van der Waals surface area (Å²) in [6.45, 7) is 0. The number of nitrogens with zero attached hydrogens (tertiary/aromatic N) is 1. The molecule has 1 N–H and O–H groups in total. The number of sulfonamides is 1. The lowest BCUT2D eigenvalue weighted by atomic mass is 10.2. The molecule has 0 atom stereocenters. The SMILES string of the molecule is O=C(O)c1ccccc1S(=O)(=O)N(Oc1ccc(Cl)cc1Cl)c1ccccc1. The molecule has 6 nitrogen and oxygen atoms in total. The van der Waals surface area contributed by atoms with Crippen LogP contribution < -0.4 is 9.31 Å². The van der Waals surface area contributed by atoms with Crippen LogP contribution in [-0.2, 0) is 10.0 Å². The summed E-state index contributed by atoms with van der Waals surface area (Å²) in [4.78, 5) is 16.7. The van der Waals surface area contributed by atoms with Gasteiger partial charge in [-0.3, -0.25) is 0 Å². The third-order valence-corrected chi connectivity index (χ3v) is 5.82. The minimum atomic E-state index is -4.42. The number of carboxylic acid groups (broad SMARTS) is 1. The van der Waals surface area contributed by atoms with Gasteiger partial charge >= 0.3 is 5.97 Å². The number of hydrogen-bond donors (Lipinski definition) is 1. The number of benzene rings is 3. The standard InChI is InChI=1S/C19H13Cl2NO5S/c20-13-10-11-17(16(21)12-13)27-22(14-6-2-1-3-7-14)28(25,26)18-9-5-4-8-15(18)19(23)24/h1-12H,(H,23,24). The Hall–Kier alpha value is -2.74. The Morgan fingerprint density at radius 3 is 2.21 bits per heavy atom. The molecule has 0 bridgehead atoms. The van der Waals surface area contributed by atoms with E-state index in [-0.39, 0.29) is 22.0 Å². The lowest BCUT2D eigenvalue weighted by Crippen LogP contribution is -2.35. The van der Waals surface area contributed by atoms with Gasteiger partial charge in [-0.2, -0.15) is 8.42 Å². The lowest BCUT2D eigenvalue weighted by molar-refractivity contribution is 0.0692. The highest BCUT2D eigenvalue weighted by Gasteiger charge is 2.31. The molecule has 0 aliphatic carbocycles. The van der Waals surface area contributed by atoms with E-state index in [4.69, 9.17) is 28.0 Å². The molecule has 3 rings (SSSR count). The number of anilines is 1. The molecule has 0 aliphatic heterocycles. The Labute approximate surface area is 171 Å². The number of hydrogen-bond acceptors (Lipinski definition) is 4. The van der Waals surface area contributed by atoms with Crippen molar-refractivity contribution in [3.8, 4) is 5.75 Å². The van der Waals surface area contributed by atoms with E-state index in [9.17, 15) is 18.3 Å². The number of halogens is 2. The molecule has 0 aromatic heterocycles. The molecule has 144 valence electrons. The van der Waals surface area contributed by atoms with Gasteiger partial charge in [0.2, 0.25) is 0 Å². The molecule has 0 saturated heterocycles. The molecule has 0 saturated carbocycles. The minimum absolute atomic E-state index is 0.0336. The van der Waals surface area contributed by atoms with Gasteiger partial charge < -0.3 is 9.94 Å². The fourth-order valence-corrected chi connectivity index (χ4v) is 4.27. The van der Waals surface area contributed by atoms with E-state index in [1.807, 2.05) is 0 Å². The second kappa shape index (κ2) is 8.10. The summed E-state index contributed by atoms with van der Waals surface area (Å²) < 4.78 is 27.2. The first kappa shape index (κ1) is 20.0. The summed E-state index contributed by atoms with van der Waals surface area (Å²) in [5, 5.41) is 9.83. The minimum Gasteiger partial charge on any atom is -0.478 e. The predicted molar refractivity (Wildman–Crippen MR) is 107 cm³/mol. The Bertz CT molecular complexity index is 1120. The highest BCUT2D eigenvalue weighted by Crippen LogP contribution is 2.32. The number of aromatic carboxylic acids is 1. The summed E-state index contributed by atoms with van der Waals surface area (Å²) in [5.41, 5.74) is -0.219. The van der Waals surface area contributed by atoms with Crippen LogP contribution in [0.1, 0.15) is 10.4 Å². The number of para-hydroxylation sites is 1. The molecule has 0 heterocycles. The van der Waals surface area contributed by atoms with Crippen LogP contribution in [0.25, 0.3) is 0 Å². The van der Waals surface area contributed by atoms with Gasteiger partial charge in [-0.25, -0.2) is 4.79 Å². The third kappa shape index (κ3) is 4.06.